The van der Waals surface area contributed by atoms with Gasteiger partial charge in [-0.2, -0.15) is 0 Å². The van der Waals surface area contributed by atoms with E-state index in [4.69, 9.17) is 4.74 Å². The molecule has 1 unspecified atom stereocenters. The maximum atomic E-state index is 11.6. The molecule has 0 spiro atoms. The van der Waals surface area contributed by atoms with Crippen molar-refractivity contribution in [3.63, 3.8) is 0 Å². The summed E-state index contributed by atoms with van der Waals surface area (Å²) in [5.74, 6) is 0.0964. The van der Waals surface area contributed by atoms with Gasteiger partial charge < -0.3 is 10.1 Å². The first-order valence-electron chi connectivity index (χ1n) is 5.93. The Labute approximate surface area is 110 Å². The van der Waals surface area contributed by atoms with Crippen molar-refractivity contribution in [3.8, 4) is 0 Å². The molecule has 0 saturated carbocycles. The minimum Gasteiger partial charge on any atom is -0.377 e. The largest absolute Gasteiger partial charge is 0.377 e. The zero-order valence-corrected chi connectivity index (χ0v) is 11.9. The van der Waals surface area contributed by atoms with Crippen LogP contribution in [-0.4, -0.2) is 46.5 Å². The van der Waals surface area contributed by atoms with E-state index in [1.54, 1.807) is 0 Å². The average Bonchev–Trinajstić information content (AvgIpc) is 2.25. The van der Waals surface area contributed by atoms with Crippen LogP contribution in [0.2, 0.25) is 0 Å². The van der Waals surface area contributed by atoms with E-state index >= 15 is 0 Å². The molecule has 0 aromatic carbocycles. The van der Waals surface area contributed by atoms with Gasteiger partial charge in [-0.15, -0.1) is 12.4 Å². The molecular formula is C10H23ClN2O3S. The van der Waals surface area contributed by atoms with Gasteiger partial charge in [0.05, 0.1) is 11.9 Å². The van der Waals surface area contributed by atoms with Gasteiger partial charge in [0.2, 0.25) is 10.0 Å². The number of hydrogen-bond acceptors (Lipinski definition) is 4. The van der Waals surface area contributed by atoms with Gasteiger partial charge in [0.1, 0.15) is 0 Å². The summed E-state index contributed by atoms with van der Waals surface area (Å²) in [7, 11) is -3.18. The molecule has 1 aliphatic heterocycles. The molecule has 0 aromatic heterocycles. The van der Waals surface area contributed by atoms with E-state index in [9.17, 15) is 8.42 Å². The van der Waals surface area contributed by atoms with Crippen molar-refractivity contribution in [2.75, 3.05) is 32.0 Å². The van der Waals surface area contributed by atoms with Crippen LogP contribution < -0.4 is 10.0 Å². The Morgan fingerprint density at radius 1 is 1.29 bits per heavy atom. The Kier molecular flexibility index (Phi) is 9.17. The first-order valence-corrected chi connectivity index (χ1v) is 7.59. The lowest BCUT2D eigenvalue weighted by Gasteiger charge is -2.22. The number of halogens is 1. The minimum atomic E-state index is -3.18. The normalized spacial score (nSPS) is 20.9. The highest BCUT2D eigenvalue weighted by molar-refractivity contribution is 7.89. The SMILES string of the molecule is CCNCCNS(=O)(=O)CC1CCCCO1.Cl. The van der Waals surface area contributed by atoms with Crippen LogP contribution in [0.3, 0.4) is 0 Å². The van der Waals surface area contributed by atoms with Crippen molar-refractivity contribution in [2.45, 2.75) is 32.3 Å². The summed E-state index contributed by atoms with van der Waals surface area (Å²) in [6.07, 6.45) is 2.85. The summed E-state index contributed by atoms with van der Waals surface area (Å²) in [4.78, 5) is 0. The molecule has 0 bridgehead atoms. The van der Waals surface area contributed by atoms with E-state index < -0.39 is 10.0 Å². The van der Waals surface area contributed by atoms with Crippen LogP contribution in [0, 0.1) is 0 Å². The van der Waals surface area contributed by atoms with Crippen LogP contribution >= 0.6 is 12.4 Å². The summed E-state index contributed by atoms with van der Waals surface area (Å²) < 4.78 is 31.3. The zero-order valence-electron chi connectivity index (χ0n) is 10.3. The van der Waals surface area contributed by atoms with Gasteiger partial charge in [-0.3, -0.25) is 0 Å². The molecule has 5 nitrogen and oxygen atoms in total. The fourth-order valence-corrected chi connectivity index (χ4v) is 3.00. The molecular weight excluding hydrogens is 264 g/mol. The number of nitrogens with one attached hydrogen (secondary N) is 2. The van der Waals surface area contributed by atoms with Gasteiger partial charge in [-0.05, 0) is 25.8 Å². The van der Waals surface area contributed by atoms with E-state index in [1.807, 2.05) is 6.92 Å². The third-order valence-corrected chi connectivity index (χ3v) is 4.01. The van der Waals surface area contributed by atoms with Crippen molar-refractivity contribution in [2.24, 2.45) is 0 Å². The van der Waals surface area contributed by atoms with E-state index in [0.717, 1.165) is 25.8 Å². The fraction of sp³-hybridized carbons (Fsp3) is 1.00. The second-order valence-corrected chi connectivity index (χ2v) is 5.87. The van der Waals surface area contributed by atoms with Crippen LogP contribution in [0.4, 0.5) is 0 Å². The molecule has 1 aliphatic rings. The molecule has 0 aromatic rings. The maximum absolute atomic E-state index is 11.6. The quantitative estimate of drug-likeness (QED) is 0.669. The minimum absolute atomic E-state index is 0. The van der Waals surface area contributed by atoms with Crippen molar-refractivity contribution in [1.82, 2.24) is 10.0 Å². The van der Waals surface area contributed by atoms with E-state index in [0.29, 0.717) is 19.7 Å². The summed E-state index contributed by atoms with van der Waals surface area (Å²) in [5.41, 5.74) is 0. The standard InChI is InChI=1S/C10H22N2O3S.ClH/c1-2-11-6-7-12-16(13,14)9-10-5-3-4-8-15-10;/h10-12H,2-9H2,1H3;1H. The Bertz CT molecular complexity index is 279. The van der Waals surface area contributed by atoms with Gasteiger partial charge in [0, 0.05) is 19.7 Å². The molecule has 1 fully saturated rings. The molecule has 2 N–H and O–H groups in total. The first kappa shape index (κ1) is 17.1. The van der Waals surface area contributed by atoms with Gasteiger partial charge in [0.25, 0.3) is 0 Å². The molecule has 0 amide bonds. The number of ether oxygens (including phenoxy) is 1. The molecule has 1 rings (SSSR count). The van der Waals surface area contributed by atoms with E-state index in [-0.39, 0.29) is 24.3 Å². The van der Waals surface area contributed by atoms with Gasteiger partial charge in [-0.25, -0.2) is 13.1 Å². The van der Waals surface area contributed by atoms with Crippen LogP contribution in [0.25, 0.3) is 0 Å². The lowest BCUT2D eigenvalue weighted by Crippen LogP contribution is -2.38. The number of sulfonamides is 1. The lowest BCUT2D eigenvalue weighted by atomic mass is 10.1. The predicted octanol–water partition coefficient (Wildman–Crippen LogP) is 0.506. The highest BCUT2D eigenvalue weighted by Gasteiger charge is 2.21. The molecule has 1 atom stereocenters. The van der Waals surface area contributed by atoms with Gasteiger partial charge in [-0.1, -0.05) is 6.92 Å². The second kappa shape index (κ2) is 9.10. The van der Waals surface area contributed by atoms with Crippen molar-refractivity contribution < 1.29 is 13.2 Å². The molecule has 1 heterocycles. The highest BCUT2D eigenvalue weighted by Crippen LogP contribution is 2.13. The van der Waals surface area contributed by atoms with Crippen molar-refractivity contribution in [3.05, 3.63) is 0 Å². The Morgan fingerprint density at radius 2 is 2.06 bits per heavy atom. The molecule has 1 saturated heterocycles. The molecule has 0 radical (unpaired) electrons. The Balaban J connectivity index is 0.00000256. The third kappa shape index (κ3) is 7.94. The van der Waals surface area contributed by atoms with Gasteiger partial charge >= 0.3 is 0 Å². The fourth-order valence-electron chi connectivity index (χ4n) is 1.71. The van der Waals surface area contributed by atoms with Crippen molar-refractivity contribution >= 4 is 22.4 Å². The summed E-state index contributed by atoms with van der Waals surface area (Å²) in [6, 6.07) is 0. The summed E-state index contributed by atoms with van der Waals surface area (Å²) in [5, 5.41) is 3.07. The van der Waals surface area contributed by atoms with Crippen molar-refractivity contribution in [1.29, 1.82) is 0 Å². The summed E-state index contributed by atoms with van der Waals surface area (Å²) >= 11 is 0. The smallest absolute Gasteiger partial charge is 0.214 e. The van der Waals surface area contributed by atoms with E-state index in [2.05, 4.69) is 10.0 Å². The third-order valence-electron chi connectivity index (χ3n) is 2.55. The van der Waals surface area contributed by atoms with Crippen LogP contribution in [0.15, 0.2) is 0 Å². The van der Waals surface area contributed by atoms with Crippen LogP contribution in [0.5, 0.6) is 0 Å². The summed E-state index contributed by atoms with van der Waals surface area (Å²) in [6.45, 7) is 4.65. The molecule has 7 heteroatoms. The molecule has 104 valence electrons. The second-order valence-electron chi connectivity index (χ2n) is 4.02. The molecule has 0 aliphatic carbocycles. The monoisotopic (exact) mass is 286 g/mol. The number of hydrogen-bond donors (Lipinski definition) is 2. The van der Waals surface area contributed by atoms with Crippen LogP contribution in [-0.2, 0) is 14.8 Å². The number of likely N-dealkylation sites (N-methyl/N-ethyl adjacent to an activating group) is 1. The predicted molar refractivity (Wildman–Crippen MR) is 71.2 cm³/mol. The van der Waals surface area contributed by atoms with Crippen LogP contribution in [0.1, 0.15) is 26.2 Å². The van der Waals surface area contributed by atoms with Gasteiger partial charge in [0.15, 0.2) is 0 Å². The lowest BCUT2D eigenvalue weighted by molar-refractivity contribution is 0.0304. The average molecular weight is 287 g/mol. The zero-order chi connectivity index (χ0) is 11.9. The Morgan fingerprint density at radius 3 is 2.65 bits per heavy atom. The van der Waals surface area contributed by atoms with E-state index in [1.165, 1.54) is 0 Å². The topological polar surface area (TPSA) is 67.4 Å². The maximum Gasteiger partial charge on any atom is 0.214 e. The highest BCUT2D eigenvalue weighted by atomic mass is 35.5. The Hall–Kier alpha value is 0.120. The first-order chi connectivity index (χ1) is 7.64. The number of rotatable bonds is 7. The molecule has 17 heavy (non-hydrogen) atoms.